The van der Waals surface area contributed by atoms with Crippen LogP contribution in [-0.2, 0) is 6.61 Å². The van der Waals surface area contributed by atoms with Gasteiger partial charge in [-0.15, -0.1) is 0 Å². The average molecular weight is 293 g/mol. The largest absolute Gasteiger partial charge is 0.489 e. The van der Waals surface area contributed by atoms with Gasteiger partial charge in [-0.1, -0.05) is 18.2 Å². The van der Waals surface area contributed by atoms with E-state index in [-0.39, 0.29) is 18.0 Å². The zero-order valence-electron chi connectivity index (χ0n) is 11.6. The van der Waals surface area contributed by atoms with Gasteiger partial charge < -0.3 is 10.1 Å². The number of rotatable bonds is 5. The first-order valence-corrected chi connectivity index (χ1v) is 6.45. The number of hydrogen-bond acceptors (Lipinski definition) is 4. The van der Waals surface area contributed by atoms with Crippen molar-refractivity contribution in [2.45, 2.75) is 6.61 Å². The molecule has 2 aromatic carbocycles. The Morgan fingerprint density at radius 1 is 1.14 bits per heavy atom. The molecule has 0 heterocycles. The van der Waals surface area contributed by atoms with Crippen LogP contribution in [0.15, 0.2) is 60.3 Å². The third-order valence-corrected chi connectivity index (χ3v) is 2.75. The summed E-state index contributed by atoms with van der Waals surface area (Å²) in [5.41, 5.74) is 1.39. The van der Waals surface area contributed by atoms with Gasteiger partial charge in [0.25, 0.3) is 0 Å². The van der Waals surface area contributed by atoms with E-state index in [1.165, 1.54) is 18.3 Å². The van der Waals surface area contributed by atoms with E-state index in [4.69, 9.17) is 15.3 Å². The Hall–Kier alpha value is -3.31. The molecule has 0 fully saturated rings. The number of anilines is 1. The highest BCUT2D eigenvalue weighted by Crippen LogP contribution is 2.19. The molecule has 0 saturated heterocycles. The Kier molecular flexibility index (Phi) is 5.12. The Morgan fingerprint density at radius 3 is 2.64 bits per heavy atom. The van der Waals surface area contributed by atoms with Crippen LogP contribution in [0.1, 0.15) is 5.56 Å². The fourth-order valence-electron chi connectivity index (χ4n) is 1.71. The number of nitrogens with zero attached hydrogens (tertiary/aromatic N) is 2. The molecule has 2 rings (SSSR count). The van der Waals surface area contributed by atoms with Crippen LogP contribution in [0.4, 0.5) is 10.1 Å². The summed E-state index contributed by atoms with van der Waals surface area (Å²) in [6.07, 6.45) is 1.33. The second kappa shape index (κ2) is 7.47. The van der Waals surface area contributed by atoms with Crippen molar-refractivity contribution < 1.29 is 9.13 Å². The molecular formula is C17H12FN3O. The maximum atomic E-state index is 13.1. The van der Waals surface area contributed by atoms with Crippen molar-refractivity contribution in [3.8, 4) is 17.9 Å². The van der Waals surface area contributed by atoms with Gasteiger partial charge in [0, 0.05) is 18.0 Å². The molecule has 5 heteroatoms. The van der Waals surface area contributed by atoms with Crippen molar-refractivity contribution in [2.24, 2.45) is 0 Å². The number of hydrogen-bond donors (Lipinski definition) is 1. The van der Waals surface area contributed by atoms with Crippen molar-refractivity contribution in [2.75, 3.05) is 5.32 Å². The van der Waals surface area contributed by atoms with Crippen molar-refractivity contribution in [1.82, 2.24) is 0 Å². The molecule has 0 spiro atoms. The molecule has 108 valence electrons. The smallest absolute Gasteiger partial charge is 0.145 e. The highest BCUT2D eigenvalue weighted by Gasteiger charge is 1.99. The molecule has 0 bridgehead atoms. The number of halogens is 1. The lowest BCUT2D eigenvalue weighted by molar-refractivity contribution is 0.306. The first-order valence-electron chi connectivity index (χ1n) is 6.45. The van der Waals surface area contributed by atoms with Crippen LogP contribution in [-0.4, -0.2) is 0 Å². The highest BCUT2D eigenvalue weighted by molar-refractivity contribution is 5.52. The predicted octanol–water partition coefficient (Wildman–Crippen LogP) is 3.75. The quantitative estimate of drug-likeness (QED) is 0.852. The average Bonchev–Trinajstić information content (AvgIpc) is 2.54. The van der Waals surface area contributed by atoms with Gasteiger partial charge in [-0.05, 0) is 29.8 Å². The minimum atomic E-state index is -0.304. The topological polar surface area (TPSA) is 68.8 Å². The minimum Gasteiger partial charge on any atom is -0.489 e. The van der Waals surface area contributed by atoms with E-state index >= 15 is 0 Å². The van der Waals surface area contributed by atoms with Gasteiger partial charge in [-0.2, -0.15) is 10.5 Å². The fourth-order valence-corrected chi connectivity index (χ4v) is 1.71. The molecule has 0 saturated carbocycles. The number of nitrogens with one attached hydrogen (secondary N) is 1. The molecule has 1 N–H and O–H groups in total. The lowest BCUT2D eigenvalue weighted by Crippen LogP contribution is -1.97. The summed E-state index contributed by atoms with van der Waals surface area (Å²) in [6, 6.07) is 16.8. The van der Waals surface area contributed by atoms with Crippen LogP contribution in [0.2, 0.25) is 0 Å². The van der Waals surface area contributed by atoms with Crippen molar-refractivity contribution in [1.29, 1.82) is 10.5 Å². The monoisotopic (exact) mass is 293 g/mol. The molecular weight excluding hydrogens is 281 g/mol. The predicted molar refractivity (Wildman–Crippen MR) is 80.1 cm³/mol. The Morgan fingerprint density at radius 2 is 1.91 bits per heavy atom. The van der Waals surface area contributed by atoms with Gasteiger partial charge in [0.1, 0.15) is 35.9 Å². The van der Waals surface area contributed by atoms with Gasteiger partial charge in [-0.3, -0.25) is 0 Å². The SMILES string of the molecule is N#CC(C#N)=CNc1cccc(OCc2cccc(F)c2)c1. The lowest BCUT2D eigenvalue weighted by Gasteiger charge is -2.08. The molecule has 2 aromatic rings. The van der Waals surface area contributed by atoms with E-state index in [0.29, 0.717) is 11.4 Å². The molecule has 0 amide bonds. The number of allylic oxidation sites excluding steroid dienone is 1. The molecule has 0 unspecified atom stereocenters. The first kappa shape index (κ1) is 15.1. The lowest BCUT2D eigenvalue weighted by atomic mass is 10.2. The van der Waals surface area contributed by atoms with Gasteiger partial charge in [-0.25, -0.2) is 4.39 Å². The van der Waals surface area contributed by atoms with Crippen molar-refractivity contribution >= 4 is 5.69 Å². The van der Waals surface area contributed by atoms with Crippen LogP contribution in [0, 0.1) is 28.5 Å². The number of benzene rings is 2. The molecule has 0 atom stereocenters. The van der Waals surface area contributed by atoms with Crippen LogP contribution in [0.3, 0.4) is 0 Å². The highest BCUT2D eigenvalue weighted by atomic mass is 19.1. The summed E-state index contributed by atoms with van der Waals surface area (Å²) in [4.78, 5) is 0. The van der Waals surface area contributed by atoms with Crippen LogP contribution in [0.5, 0.6) is 5.75 Å². The van der Waals surface area contributed by atoms with E-state index in [1.54, 1.807) is 48.5 Å². The number of nitriles is 2. The van der Waals surface area contributed by atoms with Crippen LogP contribution in [0.25, 0.3) is 0 Å². The third kappa shape index (κ3) is 4.36. The fraction of sp³-hybridized carbons (Fsp3) is 0.0588. The summed E-state index contributed by atoms with van der Waals surface area (Å²) in [5, 5.41) is 20.2. The Labute approximate surface area is 127 Å². The number of ether oxygens (including phenoxy) is 1. The first-order chi connectivity index (χ1) is 10.7. The normalized spacial score (nSPS) is 9.23. The van der Waals surface area contributed by atoms with E-state index < -0.39 is 0 Å². The zero-order chi connectivity index (χ0) is 15.8. The Bertz CT molecular complexity index is 756. The molecule has 0 radical (unpaired) electrons. The second-order valence-corrected chi connectivity index (χ2v) is 4.37. The summed E-state index contributed by atoms with van der Waals surface area (Å²) < 4.78 is 18.7. The van der Waals surface area contributed by atoms with Gasteiger partial charge in [0.05, 0.1) is 0 Å². The van der Waals surface area contributed by atoms with E-state index in [2.05, 4.69) is 5.32 Å². The Balaban J connectivity index is 2.01. The summed E-state index contributed by atoms with van der Waals surface area (Å²) in [6.45, 7) is 0.249. The van der Waals surface area contributed by atoms with Gasteiger partial charge in [0.2, 0.25) is 0 Å². The van der Waals surface area contributed by atoms with Crippen LogP contribution >= 0.6 is 0 Å². The molecule has 22 heavy (non-hydrogen) atoms. The third-order valence-electron chi connectivity index (χ3n) is 2.75. The molecule has 0 aliphatic rings. The molecule has 4 nitrogen and oxygen atoms in total. The second-order valence-electron chi connectivity index (χ2n) is 4.37. The summed E-state index contributed by atoms with van der Waals surface area (Å²) in [5.74, 6) is 0.292. The van der Waals surface area contributed by atoms with Gasteiger partial charge >= 0.3 is 0 Å². The standard InChI is InChI=1S/C17H12FN3O/c18-15-4-1-3-13(7-15)12-22-17-6-2-5-16(8-17)21-11-14(9-19)10-20/h1-8,11,21H,12H2. The van der Waals surface area contributed by atoms with E-state index in [1.807, 2.05) is 0 Å². The zero-order valence-corrected chi connectivity index (χ0v) is 11.6. The van der Waals surface area contributed by atoms with Crippen LogP contribution < -0.4 is 10.1 Å². The van der Waals surface area contributed by atoms with E-state index in [9.17, 15) is 4.39 Å². The molecule has 0 aromatic heterocycles. The maximum Gasteiger partial charge on any atom is 0.145 e. The molecule has 0 aliphatic carbocycles. The van der Waals surface area contributed by atoms with E-state index in [0.717, 1.165) is 5.56 Å². The summed E-state index contributed by atoms with van der Waals surface area (Å²) in [7, 11) is 0. The summed E-state index contributed by atoms with van der Waals surface area (Å²) >= 11 is 0. The minimum absolute atomic E-state index is 0.0221. The van der Waals surface area contributed by atoms with Crippen molar-refractivity contribution in [3.05, 3.63) is 71.7 Å². The van der Waals surface area contributed by atoms with Crippen molar-refractivity contribution in [3.63, 3.8) is 0 Å². The maximum absolute atomic E-state index is 13.1. The molecule has 0 aliphatic heterocycles. The van der Waals surface area contributed by atoms with Gasteiger partial charge in [0.15, 0.2) is 0 Å².